The molecule has 1 aromatic carbocycles. The minimum atomic E-state index is 0.857. The first-order valence-electron chi connectivity index (χ1n) is 5.63. The molecule has 0 atom stereocenters. The Balaban J connectivity index is 2.29. The third-order valence-corrected chi connectivity index (χ3v) is 3.93. The summed E-state index contributed by atoms with van der Waals surface area (Å²) >= 11 is 5.26. The molecule has 0 amide bonds. The topological polar surface area (TPSA) is 24.9 Å². The van der Waals surface area contributed by atoms with Crippen molar-refractivity contribution in [3.05, 3.63) is 38.6 Å². The van der Waals surface area contributed by atoms with Crippen LogP contribution in [0.1, 0.15) is 16.8 Å². The van der Waals surface area contributed by atoms with E-state index in [4.69, 9.17) is 4.98 Å². The van der Waals surface area contributed by atoms with Crippen molar-refractivity contribution in [3.8, 4) is 11.3 Å². The van der Waals surface area contributed by atoms with Crippen LogP contribution in [0.5, 0.6) is 0 Å². The summed E-state index contributed by atoms with van der Waals surface area (Å²) in [7, 11) is 0. The van der Waals surface area contributed by atoms with Crippen LogP contribution in [-0.4, -0.2) is 11.5 Å². The van der Waals surface area contributed by atoms with Gasteiger partial charge in [-0.25, -0.2) is 4.98 Å². The second-order valence-electron chi connectivity index (χ2n) is 3.80. The van der Waals surface area contributed by atoms with Gasteiger partial charge in [-0.05, 0) is 25.6 Å². The summed E-state index contributed by atoms with van der Waals surface area (Å²) in [4.78, 5) is 5.97. The van der Waals surface area contributed by atoms with Gasteiger partial charge in [-0.1, -0.05) is 35.0 Å². The van der Waals surface area contributed by atoms with E-state index in [-0.39, 0.29) is 0 Å². The van der Waals surface area contributed by atoms with Crippen molar-refractivity contribution in [3.63, 3.8) is 0 Å². The van der Waals surface area contributed by atoms with Gasteiger partial charge in [0.2, 0.25) is 0 Å². The second-order valence-corrected chi connectivity index (χ2v) is 6.01. The van der Waals surface area contributed by atoms with E-state index in [9.17, 15) is 0 Å². The lowest BCUT2D eigenvalue weighted by Crippen LogP contribution is -2.11. The number of hydrogen-bond acceptors (Lipinski definition) is 3. The molecule has 1 aromatic heterocycles. The molecule has 2 aromatic rings. The number of halogens is 1. The van der Waals surface area contributed by atoms with Crippen LogP contribution >= 0.6 is 27.3 Å². The van der Waals surface area contributed by atoms with E-state index in [0.29, 0.717) is 0 Å². The Morgan fingerprint density at radius 2 is 2.24 bits per heavy atom. The SMILES string of the molecule is CCNCc1nc(-c2cccc(Br)c2)c(C)s1. The zero-order chi connectivity index (χ0) is 12.3. The zero-order valence-corrected chi connectivity index (χ0v) is 12.4. The van der Waals surface area contributed by atoms with Crippen molar-refractivity contribution in [2.75, 3.05) is 6.54 Å². The fraction of sp³-hybridized carbons (Fsp3) is 0.308. The molecule has 1 N–H and O–H groups in total. The summed E-state index contributed by atoms with van der Waals surface area (Å²) in [6, 6.07) is 8.29. The van der Waals surface area contributed by atoms with Gasteiger partial charge >= 0.3 is 0 Å². The predicted octanol–water partition coefficient (Wildman–Crippen LogP) is 3.99. The Morgan fingerprint density at radius 3 is 2.94 bits per heavy atom. The first-order valence-corrected chi connectivity index (χ1v) is 7.24. The summed E-state index contributed by atoms with van der Waals surface area (Å²) in [6.45, 7) is 6.07. The zero-order valence-electron chi connectivity index (χ0n) is 9.96. The smallest absolute Gasteiger partial charge is 0.107 e. The molecule has 2 nitrogen and oxygen atoms in total. The fourth-order valence-corrected chi connectivity index (χ4v) is 2.99. The lowest BCUT2D eigenvalue weighted by atomic mass is 10.1. The number of nitrogens with one attached hydrogen (secondary N) is 1. The number of nitrogens with zero attached hydrogens (tertiary/aromatic N) is 1. The second kappa shape index (κ2) is 5.76. The van der Waals surface area contributed by atoms with Gasteiger partial charge in [0.15, 0.2) is 0 Å². The lowest BCUT2D eigenvalue weighted by molar-refractivity contribution is 0.723. The van der Waals surface area contributed by atoms with E-state index in [1.165, 1.54) is 10.4 Å². The number of rotatable bonds is 4. The normalized spacial score (nSPS) is 10.8. The maximum Gasteiger partial charge on any atom is 0.107 e. The molecule has 0 aliphatic heterocycles. The van der Waals surface area contributed by atoms with Crippen LogP contribution in [0.4, 0.5) is 0 Å². The van der Waals surface area contributed by atoms with Gasteiger partial charge in [-0.15, -0.1) is 11.3 Å². The average Bonchev–Trinajstić information content (AvgIpc) is 2.68. The molecule has 0 fully saturated rings. The highest BCUT2D eigenvalue weighted by Gasteiger charge is 2.09. The molecule has 0 saturated carbocycles. The summed E-state index contributed by atoms with van der Waals surface area (Å²) in [5.41, 5.74) is 2.28. The number of thiazole rings is 1. The summed E-state index contributed by atoms with van der Waals surface area (Å²) in [5, 5.41) is 4.46. The highest BCUT2D eigenvalue weighted by atomic mass is 79.9. The fourth-order valence-electron chi connectivity index (χ4n) is 1.66. The monoisotopic (exact) mass is 310 g/mol. The van der Waals surface area contributed by atoms with Crippen LogP contribution in [0.25, 0.3) is 11.3 Å². The molecule has 0 bridgehead atoms. The highest BCUT2D eigenvalue weighted by Crippen LogP contribution is 2.29. The third-order valence-electron chi connectivity index (χ3n) is 2.47. The van der Waals surface area contributed by atoms with Gasteiger partial charge in [-0.3, -0.25) is 0 Å². The predicted molar refractivity (Wildman–Crippen MR) is 77.4 cm³/mol. The molecule has 1 heterocycles. The average molecular weight is 311 g/mol. The maximum absolute atomic E-state index is 4.69. The summed E-state index contributed by atoms with van der Waals surface area (Å²) in [6.07, 6.45) is 0. The van der Waals surface area contributed by atoms with Crippen molar-refractivity contribution < 1.29 is 0 Å². The van der Waals surface area contributed by atoms with E-state index in [0.717, 1.165) is 28.3 Å². The minimum Gasteiger partial charge on any atom is -0.311 e. The molecule has 0 radical (unpaired) electrons. The van der Waals surface area contributed by atoms with E-state index in [1.54, 1.807) is 11.3 Å². The van der Waals surface area contributed by atoms with E-state index in [1.807, 2.05) is 12.1 Å². The molecule has 0 aliphatic carbocycles. The molecular formula is C13H15BrN2S. The first kappa shape index (κ1) is 12.7. The van der Waals surface area contributed by atoms with Crippen LogP contribution < -0.4 is 5.32 Å². The Kier molecular flexibility index (Phi) is 4.31. The van der Waals surface area contributed by atoms with Gasteiger partial charge in [0.25, 0.3) is 0 Å². The van der Waals surface area contributed by atoms with Crippen LogP contribution in [0.15, 0.2) is 28.7 Å². The van der Waals surface area contributed by atoms with Crippen LogP contribution in [0, 0.1) is 6.92 Å². The Hall–Kier alpha value is -0.710. The van der Waals surface area contributed by atoms with Gasteiger partial charge < -0.3 is 5.32 Å². The largest absolute Gasteiger partial charge is 0.311 e. The summed E-state index contributed by atoms with van der Waals surface area (Å²) in [5.74, 6) is 0. The van der Waals surface area contributed by atoms with Crippen molar-refractivity contribution in [2.24, 2.45) is 0 Å². The molecule has 0 saturated heterocycles. The molecular weight excluding hydrogens is 296 g/mol. The third kappa shape index (κ3) is 3.15. The molecule has 90 valence electrons. The van der Waals surface area contributed by atoms with Gasteiger partial charge in [0.05, 0.1) is 5.69 Å². The standard InChI is InChI=1S/C13H15BrN2S/c1-3-15-8-12-16-13(9(2)17-12)10-5-4-6-11(14)7-10/h4-7,15H,3,8H2,1-2H3. The van der Waals surface area contributed by atoms with Crippen LogP contribution in [0.2, 0.25) is 0 Å². The molecule has 4 heteroatoms. The number of hydrogen-bond donors (Lipinski definition) is 1. The highest BCUT2D eigenvalue weighted by molar-refractivity contribution is 9.10. The molecule has 0 aliphatic rings. The Morgan fingerprint density at radius 1 is 1.41 bits per heavy atom. The van der Waals surface area contributed by atoms with Gasteiger partial charge in [0, 0.05) is 21.5 Å². The Labute approximate surface area is 114 Å². The molecule has 0 unspecified atom stereocenters. The first-order chi connectivity index (χ1) is 8.20. The molecule has 17 heavy (non-hydrogen) atoms. The molecule has 0 spiro atoms. The number of aromatic nitrogens is 1. The Bertz CT molecular complexity index is 508. The molecule has 2 rings (SSSR count). The lowest BCUT2D eigenvalue weighted by Gasteiger charge is -1.99. The van der Waals surface area contributed by atoms with E-state index < -0.39 is 0 Å². The van der Waals surface area contributed by atoms with Crippen molar-refractivity contribution in [1.82, 2.24) is 10.3 Å². The number of aryl methyl sites for hydroxylation is 1. The quantitative estimate of drug-likeness (QED) is 0.923. The van der Waals surface area contributed by atoms with E-state index >= 15 is 0 Å². The van der Waals surface area contributed by atoms with Crippen LogP contribution in [0.3, 0.4) is 0 Å². The maximum atomic E-state index is 4.69. The number of benzene rings is 1. The van der Waals surface area contributed by atoms with Crippen molar-refractivity contribution in [2.45, 2.75) is 20.4 Å². The van der Waals surface area contributed by atoms with Crippen molar-refractivity contribution in [1.29, 1.82) is 0 Å². The van der Waals surface area contributed by atoms with Crippen LogP contribution in [-0.2, 0) is 6.54 Å². The van der Waals surface area contributed by atoms with Gasteiger partial charge in [0.1, 0.15) is 5.01 Å². The summed E-state index contributed by atoms with van der Waals surface area (Å²) < 4.78 is 1.09. The van der Waals surface area contributed by atoms with E-state index in [2.05, 4.69) is 47.2 Å². The minimum absolute atomic E-state index is 0.857. The van der Waals surface area contributed by atoms with Crippen molar-refractivity contribution >= 4 is 27.3 Å². The van der Waals surface area contributed by atoms with Gasteiger partial charge in [-0.2, -0.15) is 0 Å².